The summed E-state index contributed by atoms with van der Waals surface area (Å²) in [5.74, 6) is 0.704. The largest absolute Gasteiger partial charge is 0.496 e. The first-order valence-electron chi connectivity index (χ1n) is 6.52. The summed E-state index contributed by atoms with van der Waals surface area (Å²) in [7, 11) is 3.24. The second-order valence-corrected chi connectivity index (χ2v) is 5.32. The van der Waals surface area contributed by atoms with E-state index in [0.29, 0.717) is 11.4 Å². The number of fused-ring (bicyclic) bond motifs is 1. The molecule has 0 spiro atoms. The van der Waals surface area contributed by atoms with E-state index < -0.39 is 0 Å². The van der Waals surface area contributed by atoms with Crippen molar-refractivity contribution in [2.24, 2.45) is 0 Å². The highest BCUT2D eigenvalue weighted by molar-refractivity contribution is 6.23. The van der Waals surface area contributed by atoms with Crippen LogP contribution in [-0.2, 0) is 9.47 Å². The molecule has 0 aromatic carbocycles. The smallest absolute Gasteiger partial charge is 0.139 e. The summed E-state index contributed by atoms with van der Waals surface area (Å²) in [5.41, 5.74) is 8.88. The van der Waals surface area contributed by atoms with E-state index in [1.54, 1.807) is 14.2 Å². The Morgan fingerprint density at radius 3 is 2.86 bits per heavy atom. The molecule has 0 aliphatic heterocycles. The van der Waals surface area contributed by atoms with Gasteiger partial charge in [0.25, 0.3) is 0 Å². The fourth-order valence-corrected chi connectivity index (χ4v) is 2.68. The normalized spacial score (nSPS) is 22.0. The maximum Gasteiger partial charge on any atom is 0.139 e. The van der Waals surface area contributed by atoms with E-state index in [9.17, 15) is 0 Å². The molecule has 1 aliphatic carbocycles. The molecule has 0 saturated carbocycles. The first-order valence-corrected chi connectivity index (χ1v) is 6.95. The van der Waals surface area contributed by atoms with Gasteiger partial charge in [0.05, 0.1) is 24.3 Å². The number of hydrogen-bond donors (Lipinski definition) is 1. The van der Waals surface area contributed by atoms with Crippen LogP contribution in [0.1, 0.15) is 5.69 Å². The molecule has 1 aliphatic rings. The van der Waals surface area contributed by atoms with Crippen LogP contribution in [-0.4, -0.2) is 35.1 Å². The van der Waals surface area contributed by atoms with Gasteiger partial charge in [0.15, 0.2) is 0 Å². The summed E-state index contributed by atoms with van der Waals surface area (Å²) in [6, 6.07) is 3.64. The lowest BCUT2D eigenvalue weighted by Crippen LogP contribution is -2.24. The van der Waals surface area contributed by atoms with E-state index in [4.69, 9.17) is 26.8 Å². The van der Waals surface area contributed by atoms with Crippen molar-refractivity contribution >= 4 is 28.5 Å². The van der Waals surface area contributed by atoms with Crippen LogP contribution in [0.25, 0.3) is 11.2 Å². The summed E-state index contributed by atoms with van der Waals surface area (Å²) in [6.07, 6.45) is 7.35. The third kappa shape index (κ3) is 2.50. The number of nitrogens with two attached hydrogens (primary N) is 1. The first kappa shape index (κ1) is 14.0. The highest BCUT2D eigenvalue weighted by Gasteiger charge is 2.25. The number of alkyl halides is 1. The number of halogens is 1. The van der Waals surface area contributed by atoms with Crippen molar-refractivity contribution in [2.75, 3.05) is 20.0 Å². The van der Waals surface area contributed by atoms with E-state index in [1.165, 1.54) is 0 Å². The number of methoxy groups -OCH3 is 2. The second-order valence-electron chi connectivity index (χ2n) is 4.81. The highest BCUT2D eigenvalue weighted by Crippen LogP contribution is 2.31. The zero-order valence-electron chi connectivity index (χ0n) is 11.8. The SMILES string of the molecule is COC1=CC(OC)C(Cl)C=C1c1cn2ccc(N)cc2n1. The van der Waals surface area contributed by atoms with E-state index in [-0.39, 0.29) is 11.5 Å². The molecule has 110 valence electrons. The Hall–Kier alpha value is -1.98. The van der Waals surface area contributed by atoms with Gasteiger partial charge in [-0.1, -0.05) is 6.08 Å². The van der Waals surface area contributed by atoms with Gasteiger partial charge in [-0.15, -0.1) is 11.6 Å². The maximum absolute atomic E-state index is 6.32. The van der Waals surface area contributed by atoms with Crippen LogP contribution < -0.4 is 5.73 Å². The van der Waals surface area contributed by atoms with Gasteiger partial charge in [0.2, 0.25) is 0 Å². The highest BCUT2D eigenvalue weighted by atomic mass is 35.5. The quantitative estimate of drug-likeness (QED) is 0.885. The Kier molecular flexibility index (Phi) is 3.61. The van der Waals surface area contributed by atoms with Crippen molar-refractivity contribution in [1.29, 1.82) is 0 Å². The van der Waals surface area contributed by atoms with E-state index in [0.717, 1.165) is 16.9 Å². The van der Waals surface area contributed by atoms with Crippen LogP contribution in [0.4, 0.5) is 5.69 Å². The average Bonchev–Trinajstić information content (AvgIpc) is 2.89. The van der Waals surface area contributed by atoms with Crippen molar-refractivity contribution in [3.05, 3.63) is 48.1 Å². The molecule has 0 saturated heterocycles. The molecular weight excluding hydrogens is 290 g/mol. The van der Waals surface area contributed by atoms with Gasteiger partial charge in [0.1, 0.15) is 11.4 Å². The number of ether oxygens (including phenoxy) is 2. The molecule has 2 unspecified atom stereocenters. The van der Waals surface area contributed by atoms with Gasteiger partial charge in [-0.3, -0.25) is 0 Å². The molecule has 0 bridgehead atoms. The lowest BCUT2D eigenvalue weighted by Gasteiger charge is -2.23. The Bertz CT molecular complexity index is 736. The summed E-state index contributed by atoms with van der Waals surface area (Å²) in [4.78, 5) is 4.58. The number of nitrogens with zero attached hydrogens (tertiary/aromatic N) is 2. The van der Waals surface area contributed by atoms with Crippen molar-refractivity contribution in [1.82, 2.24) is 9.38 Å². The molecule has 2 aromatic heterocycles. The number of hydrogen-bond acceptors (Lipinski definition) is 4. The van der Waals surface area contributed by atoms with E-state index in [2.05, 4.69) is 4.98 Å². The minimum Gasteiger partial charge on any atom is -0.496 e. The lowest BCUT2D eigenvalue weighted by molar-refractivity contribution is 0.140. The number of nitrogen functional groups attached to an aromatic ring is 1. The first-order chi connectivity index (χ1) is 10.1. The van der Waals surface area contributed by atoms with Crippen LogP contribution in [0.15, 0.2) is 42.4 Å². The Morgan fingerprint density at radius 1 is 1.33 bits per heavy atom. The number of rotatable bonds is 3. The summed E-state index contributed by atoms with van der Waals surface area (Å²) in [5, 5.41) is -0.265. The van der Waals surface area contributed by atoms with Crippen LogP contribution >= 0.6 is 11.6 Å². The Balaban J connectivity index is 2.06. The Morgan fingerprint density at radius 2 is 2.14 bits per heavy atom. The number of imidazole rings is 1. The van der Waals surface area contributed by atoms with Crippen molar-refractivity contribution in [2.45, 2.75) is 11.5 Å². The van der Waals surface area contributed by atoms with Gasteiger partial charge in [-0.2, -0.15) is 0 Å². The molecular formula is C15H16ClN3O2. The molecule has 2 atom stereocenters. The standard InChI is InChI=1S/C15H16ClN3O2/c1-20-13-7-14(21-2)11(16)6-10(13)12-8-19-4-3-9(17)5-15(19)18-12/h3-8,11,14H,17H2,1-2H3. The minimum atomic E-state index is -0.265. The number of pyridine rings is 1. The molecule has 0 amide bonds. The van der Waals surface area contributed by atoms with Crippen LogP contribution in [0.2, 0.25) is 0 Å². The predicted octanol–water partition coefficient (Wildman–Crippen LogP) is 2.47. The Labute approximate surface area is 127 Å². The fourth-order valence-electron chi connectivity index (χ4n) is 2.38. The van der Waals surface area contributed by atoms with Gasteiger partial charge < -0.3 is 19.6 Å². The monoisotopic (exact) mass is 305 g/mol. The maximum atomic E-state index is 6.32. The molecule has 21 heavy (non-hydrogen) atoms. The van der Waals surface area contributed by atoms with Gasteiger partial charge >= 0.3 is 0 Å². The van der Waals surface area contributed by atoms with Crippen LogP contribution in [0, 0.1) is 0 Å². The minimum absolute atomic E-state index is 0.210. The zero-order chi connectivity index (χ0) is 15.0. The predicted molar refractivity (Wildman–Crippen MR) is 83.1 cm³/mol. The molecule has 2 heterocycles. The number of anilines is 1. The van der Waals surface area contributed by atoms with Crippen molar-refractivity contribution < 1.29 is 9.47 Å². The van der Waals surface area contributed by atoms with Crippen molar-refractivity contribution in [3.8, 4) is 0 Å². The van der Waals surface area contributed by atoms with Crippen LogP contribution in [0.5, 0.6) is 0 Å². The second kappa shape index (κ2) is 5.42. The lowest BCUT2D eigenvalue weighted by atomic mass is 10.0. The molecule has 2 N–H and O–H groups in total. The molecule has 3 rings (SSSR count). The van der Waals surface area contributed by atoms with Crippen LogP contribution in [0.3, 0.4) is 0 Å². The number of aromatic nitrogens is 2. The molecule has 0 radical (unpaired) electrons. The summed E-state index contributed by atoms with van der Waals surface area (Å²) in [6.45, 7) is 0. The third-order valence-electron chi connectivity index (χ3n) is 3.47. The van der Waals surface area contributed by atoms with E-state index in [1.807, 2.05) is 41.1 Å². The van der Waals surface area contributed by atoms with Gasteiger partial charge in [-0.25, -0.2) is 4.98 Å². The molecule has 5 nitrogen and oxygen atoms in total. The molecule has 6 heteroatoms. The van der Waals surface area contributed by atoms with Crippen molar-refractivity contribution in [3.63, 3.8) is 0 Å². The zero-order valence-corrected chi connectivity index (χ0v) is 12.5. The van der Waals surface area contributed by atoms with Gasteiger partial charge in [0, 0.05) is 36.8 Å². The van der Waals surface area contributed by atoms with Gasteiger partial charge in [-0.05, 0) is 12.1 Å². The molecule has 2 aromatic rings. The summed E-state index contributed by atoms with van der Waals surface area (Å²) < 4.78 is 12.7. The third-order valence-corrected chi connectivity index (χ3v) is 3.85. The topological polar surface area (TPSA) is 61.8 Å². The number of allylic oxidation sites excluding steroid dienone is 1. The summed E-state index contributed by atoms with van der Waals surface area (Å²) >= 11 is 6.32. The fraction of sp³-hybridized carbons (Fsp3) is 0.267. The molecule has 0 fully saturated rings. The average molecular weight is 306 g/mol. The van der Waals surface area contributed by atoms with E-state index >= 15 is 0 Å².